The quantitative estimate of drug-likeness (QED) is 0.294. The lowest BCUT2D eigenvalue weighted by atomic mass is 10.00. The third-order valence-electron chi connectivity index (χ3n) is 4.99. The summed E-state index contributed by atoms with van der Waals surface area (Å²) in [5.41, 5.74) is 8.15. The molecule has 3 aromatic rings. The Morgan fingerprint density at radius 1 is 1.12 bits per heavy atom. The molecule has 166 valence electrons. The van der Waals surface area contributed by atoms with Crippen LogP contribution in [0.3, 0.4) is 0 Å². The van der Waals surface area contributed by atoms with Gasteiger partial charge in [-0.1, -0.05) is 54.6 Å². The Bertz CT molecular complexity index is 1120. The van der Waals surface area contributed by atoms with Crippen LogP contribution < -0.4 is 10.5 Å². The van der Waals surface area contributed by atoms with Crippen molar-refractivity contribution >= 4 is 23.5 Å². The molecule has 0 heterocycles. The van der Waals surface area contributed by atoms with Gasteiger partial charge in [-0.25, -0.2) is 8.81 Å². The minimum absolute atomic E-state index is 0.0538. The van der Waals surface area contributed by atoms with Crippen LogP contribution >= 0.6 is 11.8 Å². The molecule has 3 aromatic carbocycles. The van der Waals surface area contributed by atoms with Gasteiger partial charge in [-0.3, -0.25) is 10.2 Å². The summed E-state index contributed by atoms with van der Waals surface area (Å²) in [7, 11) is 2.87. The third kappa shape index (κ3) is 5.07. The van der Waals surface area contributed by atoms with Crippen molar-refractivity contribution < 1.29 is 18.7 Å². The van der Waals surface area contributed by atoms with Gasteiger partial charge in [0.2, 0.25) is 0 Å². The molecule has 0 fully saturated rings. The van der Waals surface area contributed by atoms with Crippen LogP contribution in [-0.2, 0) is 16.1 Å². The second-order valence-corrected chi connectivity index (χ2v) is 7.43. The maximum absolute atomic E-state index is 15.0. The Balaban J connectivity index is 1.80. The van der Waals surface area contributed by atoms with Crippen LogP contribution in [0.4, 0.5) is 4.39 Å². The number of para-hydroxylation sites is 1. The number of methoxy groups -OCH3 is 2. The monoisotopic (exact) mass is 455 g/mol. The molecule has 3 N–H and O–H groups in total. The average molecular weight is 456 g/mol. The van der Waals surface area contributed by atoms with E-state index < -0.39 is 17.8 Å². The number of benzene rings is 3. The Morgan fingerprint density at radius 2 is 1.81 bits per heavy atom. The topological polar surface area (TPSA) is 88.6 Å². The first kappa shape index (κ1) is 23.2. The highest BCUT2D eigenvalue weighted by atomic mass is 35.5. The second-order valence-electron chi connectivity index (χ2n) is 7.02. The highest BCUT2D eigenvalue weighted by Crippen LogP contribution is 2.33. The highest BCUT2D eigenvalue weighted by molar-refractivity contribution is 6.21. The van der Waals surface area contributed by atoms with Gasteiger partial charge in [-0.05, 0) is 23.3 Å². The van der Waals surface area contributed by atoms with Crippen LogP contribution in [0.5, 0.6) is 5.75 Å². The number of nitrogens with zero attached hydrogens (tertiary/aromatic N) is 1. The van der Waals surface area contributed by atoms with Crippen LogP contribution in [0.2, 0.25) is 0 Å². The van der Waals surface area contributed by atoms with Gasteiger partial charge < -0.3 is 15.2 Å². The molecule has 8 heteroatoms. The predicted molar refractivity (Wildman–Crippen MR) is 122 cm³/mol. The standard InChI is InChI=1S/C24H23ClFN3O3/c1-31-21-6-4-3-5-18(21)17-11-12-19(20(26)13-17)22(32-2)24(30)29(25)14-15-7-9-16(10-8-15)23(27)28/h3-13,22H,14H2,1-2H3,(H3,27,28). The number of ether oxygens (including phenoxy) is 2. The maximum Gasteiger partial charge on any atom is 0.271 e. The molecule has 0 radical (unpaired) electrons. The lowest BCUT2D eigenvalue weighted by Gasteiger charge is -2.22. The van der Waals surface area contributed by atoms with Crippen molar-refractivity contribution in [2.45, 2.75) is 12.6 Å². The summed E-state index contributed by atoms with van der Waals surface area (Å²) in [6.45, 7) is 0.0688. The third-order valence-corrected chi connectivity index (χ3v) is 5.27. The molecule has 0 aromatic heterocycles. The number of nitrogen functional groups attached to an aromatic ring is 1. The number of amidine groups is 1. The van der Waals surface area contributed by atoms with Gasteiger partial charge in [0.25, 0.3) is 5.91 Å². The molecular formula is C24H23ClFN3O3. The first-order chi connectivity index (χ1) is 15.3. The van der Waals surface area contributed by atoms with E-state index in [1.807, 2.05) is 18.2 Å². The van der Waals surface area contributed by atoms with Crippen molar-refractivity contribution in [2.75, 3.05) is 14.2 Å². The number of halogens is 2. The normalized spacial score (nSPS) is 11.6. The number of carbonyl (C=O) groups is 1. The van der Waals surface area contributed by atoms with E-state index in [0.717, 1.165) is 15.5 Å². The van der Waals surface area contributed by atoms with Gasteiger partial charge in [-0.2, -0.15) is 0 Å². The van der Waals surface area contributed by atoms with E-state index in [9.17, 15) is 4.79 Å². The summed E-state index contributed by atoms with van der Waals surface area (Å²) in [5, 5.41) is 7.43. The fourth-order valence-electron chi connectivity index (χ4n) is 3.31. The summed E-state index contributed by atoms with van der Waals surface area (Å²) in [6, 6.07) is 18.6. The Hall–Kier alpha value is -3.42. The van der Waals surface area contributed by atoms with Crippen molar-refractivity contribution in [3.63, 3.8) is 0 Å². The molecular weight excluding hydrogens is 433 g/mol. The molecule has 0 spiro atoms. The van der Waals surface area contributed by atoms with Gasteiger partial charge in [0.05, 0.1) is 13.7 Å². The molecule has 6 nitrogen and oxygen atoms in total. The molecule has 0 saturated carbocycles. The summed E-state index contributed by atoms with van der Waals surface area (Å²) < 4.78 is 26.6. The van der Waals surface area contributed by atoms with Gasteiger partial charge >= 0.3 is 0 Å². The van der Waals surface area contributed by atoms with E-state index in [2.05, 4.69) is 0 Å². The number of nitrogens with two attached hydrogens (primary N) is 1. The van der Waals surface area contributed by atoms with E-state index in [1.54, 1.807) is 43.5 Å². The smallest absolute Gasteiger partial charge is 0.271 e. The van der Waals surface area contributed by atoms with E-state index >= 15 is 4.39 Å². The number of amides is 1. The summed E-state index contributed by atoms with van der Waals surface area (Å²) >= 11 is 6.21. The van der Waals surface area contributed by atoms with Crippen molar-refractivity contribution in [2.24, 2.45) is 5.73 Å². The SMILES string of the molecule is COc1ccccc1-c1ccc(C(OC)C(=O)N(Cl)Cc2ccc(C(=N)N)cc2)c(F)c1. The lowest BCUT2D eigenvalue weighted by molar-refractivity contribution is -0.138. The molecule has 3 rings (SSSR count). The number of rotatable bonds is 8. The molecule has 1 unspecified atom stereocenters. The number of hydrogen-bond donors (Lipinski definition) is 2. The van der Waals surface area contributed by atoms with Crippen LogP contribution in [0.1, 0.15) is 22.8 Å². The highest BCUT2D eigenvalue weighted by Gasteiger charge is 2.28. The second kappa shape index (κ2) is 10.3. The van der Waals surface area contributed by atoms with Gasteiger partial charge in [-0.15, -0.1) is 0 Å². The summed E-state index contributed by atoms with van der Waals surface area (Å²) in [6.07, 6.45) is -1.21. The van der Waals surface area contributed by atoms with Crippen LogP contribution in [0.15, 0.2) is 66.7 Å². The number of nitrogens with one attached hydrogen (secondary N) is 1. The van der Waals surface area contributed by atoms with Crippen molar-refractivity contribution in [1.82, 2.24) is 4.42 Å². The minimum Gasteiger partial charge on any atom is -0.496 e. The fraction of sp³-hybridized carbons (Fsp3) is 0.167. The largest absolute Gasteiger partial charge is 0.496 e. The maximum atomic E-state index is 15.0. The van der Waals surface area contributed by atoms with E-state index in [4.69, 9.17) is 32.4 Å². The van der Waals surface area contributed by atoms with E-state index in [1.165, 1.54) is 19.2 Å². The van der Waals surface area contributed by atoms with Crippen molar-refractivity contribution in [3.8, 4) is 16.9 Å². The first-order valence-corrected chi connectivity index (χ1v) is 10.1. The lowest BCUT2D eigenvalue weighted by Crippen LogP contribution is -2.29. The minimum atomic E-state index is -1.21. The van der Waals surface area contributed by atoms with Crippen LogP contribution in [0.25, 0.3) is 11.1 Å². The molecule has 1 atom stereocenters. The zero-order valence-corrected chi connectivity index (χ0v) is 18.4. The van der Waals surface area contributed by atoms with E-state index in [0.29, 0.717) is 16.9 Å². The molecule has 0 aliphatic carbocycles. The molecule has 0 bridgehead atoms. The van der Waals surface area contributed by atoms with E-state index in [-0.39, 0.29) is 17.9 Å². The molecule has 0 saturated heterocycles. The summed E-state index contributed by atoms with van der Waals surface area (Å²) in [4.78, 5) is 12.9. The number of carbonyl (C=O) groups excluding carboxylic acids is 1. The molecule has 1 amide bonds. The van der Waals surface area contributed by atoms with Crippen molar-refractivity contribution in [1.29, 1.82) is 5.41 Å². The van der Waals surface area contributed by atoms with Gasteiger partial charge in [0.15, 0.2) is 6.10 Å². The van der Waals surface area contributed by atoms with Crippen molar-refractivity contribution in [3.05, 3.63) is 89.2 Å². The number of hydrogen-bond acceptors (Lipinski definition) is 4. The van der Waals surface area contributed by atoms with Crippen LogP contribution in [0, 0.1) is 11.2 Å². The molecule has 0 aliphatic rings. The van der Waals surface area contributed by atoms with Gasteiger partial charge in [0.1, 0.15) is 17.4 Å². The average Bonchev–Trinajstić information content (AvgIpc) is 2.80. The Kier molecular flexibility index (Phi) is 7.45. The molecule has 32 heavy (non-hydrogen) atoms. The zero-order chi connectivity index (χ0) is 23.3. The summed E-state index contributed by atoms with van der Waals surface area (Å²) in [5.74, 6) is -0.637. The predicted octanol–water partition coefficient (Wildman–Crippen LogP) is 4.66. The molecule has 0 aliphatic heterocycles. The van der Waals surface area contributed by atoms with Gasteiger partial charge in [0, 0.05) is 35.6 Å². The zero-order valence-electron chi connectivity index (χ0n) is 17.6. The Labute approximate surface area is 190 Å². The Morgan fingerprint density at radius 3 is 2.41 bits per heavy atom. The fourth-order valence-corrected chi connectivity index (χ4v) is 3.53. The van der Waals surface area contributed by atoms with Crippen LogP contribution in [-0.4, -0.2) is 30.4 Å². The first-order valence-electron chi connectivity index (χ1n) is 9.71.